The molecular weight excluding hydrogens is 221 g/mol. The molecule has 0 bridgehead atoms. The summed E-state index contributed by atoms with van der Waals surface area (Å²) in [7, 11) is 0. The summed E-state index contributed by atoms with van der Waals surface area (Å²) >= 11 is 0. The van der Waals surface area contributed by atoms with Crippen LogP contribution in [-0.4, -0.2) is 16.4 Å². The zero-order valence-corrected chi connectivity index (χ0v) is 6.80. The first-order valence-electron chi connectivity index (χ1n) is 0. The average Bonchev–Trinajstić information content (AvgIpc) is 0. The van der Waals surface area contributed by atoms with E-state index in [2.05, 4.69) is 0 Å². The van der Waals surface area contributed by atoms with Gasteiger partial charge in [0.05, 0.1) is 0 Å². The van der Waals surface area contributed by atoms with E-state index in [0.717, 1.165) is 0 Å². The summed E-state index contributed by atoms with van der Waals surface area (Å²) in [6.07, 6.45) is 0. The number of hydrogen-bond donors (Lipinski definition) is 0. The van der Waals surface area contributed by atoms with Gasteiger partial charge >= 0.3 is 41.9 Å². The van der Waals surface area contributed by atoms with E-state index in [9.17, 15) is 0 Å². The van der Waals surface area contributed by atoms with Crippen LogP contribution in [0.2, 0.25) is 0 Å². The summed E-state index contributed by atoms with van der Waals surface area (Å²) in [5, 5.41) is 0. The Morgan fingerprint density at radius 1 is 0.600 bits per heavy atom. The fourth-order valence-electron chi connectivity index (χ4n) is 0. The van der Waals surface area contributed by atoms with Gasteiger partial charge in [0.15, 0.2) is 0 Å². The van der Waals surface area contributed by atoms with Gasteiger partial charge in [0.1, 0.15) is 0 Å². The van der Waals surface area contributed by atoms with Crippen LogP contribution >= 0.6 is 0 Å². The van der Waals surface area contributed by atoms with Crippen LogP contribution in [0.1, 0.15) is 0 Å². The maximum atomic E-state index is 0. The Hall–Kier alpha value is 1.24. The second-order valence-electron chi connectivity index (χ2n) is 0. The van der Waals surface area contributed by atoms with E-state index in [1.165, 1.54) is 0 Å². The first kappa shape index (κ1) is 111. The summed E-state index contributed by atoms with van der Waals surface area (Å²) in [5.74, 6) is 0. The van der Waals surface area contributed by atoms with E-state index < -0.39 is 0 Å². The first-order valence-corrected chi connectivity index (χ1v) is 0. The molecule has 5 heavy (non-hydrogen) atoms. The summed E-state index contributed by atoms with van der Waals surface area (Å²) in [6, 6.07) is 0. The van der Waals surface area contributed by atoms with E-state index >= 15 is 0 Å². The molecule has 0 saturated carbocycles. The van der Waals surface area contributed by atoms with Crippen LogP contribution in [0.5, 0.6) is 0 Å². The Labute approximate surface area is 58.3 Å². The molecule has 0 rings (SSSR count). The van der Waals surface area contributed by atoms with Gasteiger partial charge in [-0.3, -0.25) is 0 Å². The van der Waals surface area contributed by atoms with Gasteiger partial charge in [-0.2, -0.15) is 0 Å². The molecule has 0 aromatic heterocycles. The molecule has 0 aliphatic rings. The molecule has 5 heteroatoms. The van der Waals surface area contributed by atoms with Crippen molar-refractivity contribution in [2.24, 2.45) is 0 Å². The maximum Gasteiger partial charge on any atom is 2.00 e. The fraction of sp³-hybridized carbons (Fsp3) is 0. The molecule has 0 aromatic rings. The van der Waals surface area contributed by atoms with E-state index in [1.807, 2.05) is 0 Å². The Morgan fingerprint density at radius 2 is 0.600 bits per heavy atom. The molecule has 0 radical (unpaired) electrons. The van der Waals surface area contributed by atoms with E-state index in [4.69, 9.17) is 0 Å². The minimum atomic E-state index is 0. The van der Waals surface area contributed by atoms with Crippen molar-refractivity contribution in [1.82, 2.24) is 0 Å². The maximum absolute atomic E-state index is 0. The van der Waals surface area contributed by atoms with Crippen LogP contribution in [0.3, 0.4) is 0 Å². The molecule has 0 spiro atoms. The Kier molecular flexibility index (Phi) is 1360. The third-order valence-electron chi connectivity index (χ3n) is 0. The summed E-state index contributed by atoms with van der Waals surface area (Å²) < 4.78 is 0. The van der Waals surface area contributed by atoms with Gasteiger partial charge < -0.3 is 16.4 Å². The van der Waals surface area contributed by atoms with Crippen molar-refractivity contribution >= 4 is 0 Å². The summed E-state index contributed by atoms with van der Waals surface area (Å²) in [4.78, 5) is 0. The van der Waals surface area contributed by atoms with E-state index in [1.54, 1.807) is 0 Å². The van der Waals surface area contributed by atoms with Crippen LogP contribution in [0.15, 0.2) is 0 Å². The minimum Gasteiger partial charge on any atom is -0.870 e. The molecule has 3 N–H and O–H groups in total. The van der Waals surface area contributed by atoms with E-state index in [0.29, 0.717) is 0 Å². The predicted molar refractivity (Wildman–Crippen MR) is 5.81 cm³/mol. The molecule has 34 valence electrons. The Morgan fingerprint density at radius 3 is 0.600 bits per heavy atom. The zero-order chi connectivity index (χ0) is 0. The minimum absolute atomic E-state index is 0. The van der Waals surface area contributed by atoms with Gasteiger partial charge in [0.2, 0.25) is 0 Å². The van der Waals surface area contributed by atoms with E-state index in [-0.39, 0.29) is 58.3 Å². The second kappa shape index (κ2) is 61.1. The summed E-state index contributed by atoms with van der Waals surface area (Å²) in [5.41, 5.74) is 0. The molecule has 0 aliphatic heterocycles. The SMILES string of the molecule is [Ag+].[OH-].[OH-].[OH-].[Zn+2]. The van der Waals surface area contributed by atoms with Crippen molar-refractivity contribution in [3.8, 4) is 0 Å². The molecule has 0 fully saturated rings. The Bertz CT molecular complexity index is 6.85. The normalized spacial score (nSPS) is 0. The van der Waals surface area contributed by atoms with Gasteiger partial charge in [-0.1, -0.05) is 0 Å². The van der Waals surface area contributed by atoms with Crippen molar-refractivity contribution in [2.45, 2.75) is 0 Å². The molecule has 0 heterocycles. The van der Waals surface area contributed by atoms with Crippen LogP contribution in [0.25, 0.3) is 0 Å². The monoisotopic (exact) mass is 222 g/mol. The predicted octanol–water partition coefficient (Wildman–Crippen LogP) is -0.535. The van der Waals surface area contributed by atoms with Gasteiger partial charge in [-0.05, 0) is 0 Å². The molecule has 0 unspecified atom stereocenters. The van der Waals surface area contributed by atoms with Gasteiger partial charge in [0, 0.05) is 0 Å². The van der Waals surface area contributed by atoms with Crippen molar-refractivity contribution < 1.29 is 58.3 Å². The summed E-state index contributed by atoms with van der Waals surface area (Å²) in [6.45, 7) is 0. The van der Waals surface area contributed by atoms with Crippen molar-refractivity contribution in [2.75, 3.05) is 0 Å². The molecule has 0 saturated heterocycles. The molecule has 0 atom stereocenters. The van der Waals surface area contributed by atoms with Crippen molar-refractivity contribution in [3.05, 3.63) is 0 Å². The molecular formula is H3AgO3Zn. The molecule has 3 nitrogen and oxygen atoms in total. The van der Waals surface area contributed by atoms with Gasteiger partial charge in [-0.25, -0.2) is 0 Å². The molecule has 0 aromatic carbocycles. The van der Waals surface area contributed by atoms with Gasteiger partial charge in [-0.15, -0.1) is 0 Å². The quantitative estimate of drug-likeness (QED) is 0.518. The van der Waals surface area contributed by atoms with Crippen molar-refractivity contribution in [1.29, 1.82) is 0 Å². The Balaban J connectivity index is 0. The average molecular weight is 224 g/mol. The third-order valence-corrected chi connectivity index (χ3v) is 0. The van der Waals surface area contributed by atoms with Crippen molar-refractivity contribution in [3.63, 3.8) is 0 Å². The first-order chi connectivity index (χ1) is 0. The zero-order valence-electron chi connectivity index (χ0n) is 2.35. The number of rotatable bonds is 0. The smallest absolute Gasteiger partial charge is 0.870 e. The second-order valence-corrected chi connectivity index (χ2v) is 0. The largest absolute Gasteiger partial charge is 2.00 e. The molecule has 0 amide bonds. The van der Waals surface area contributed by atoms with Crippen LogP contribution < -0.4 is 0 Å². The van der Waals surface area contributed by atoms with Gasteiger partial charge in [0.25, 0.3) is 0 Å². The van der Waals surface area contributed by atoms with Crippen LogP contribution in [-0.2, 0) is 41.9 Å². The fourth-order valence-corrected chi connectivity index (χ4v) is 0. The third kappa shape index (κ3) is 35.7. The van der Waals surface area contributed by atoms with Crippen LogP contribution in [0, 0.1) is 0 Å². The number of hydrogen-bond acceptors (Lipinski definition) is 3. The molecule has 0 aliphatic carbocycles. The topological polar surface area (TPSA) is 90.0 Å². The van der Waals surface area contributed by atoms with Crippen LogP contribution in [0.4, 0.5) is 0 Å². The standard InChI is InChI=1S/Ag.3H2O.Zn/h;3*1H2;/q+1;;;;+2/p-3.